The number of nitrogens with two attached hydrogens (primary N) is 1. The van der Waals surface area contributed by atoms with E-state index < -0.39 is 0 Å². The Morgan fingerprint density at radius 3 is 3.00 bits per heavy atom. The molecule has 0 aromatic heterocycles. The van der Waals surface area contributed by atoms with Gasteiger partial charge in [-0.25, -0.2) is 0 Å². The van der Waals surface area contributed by atoms with Crippen LogP contribution in [-0.2, 0) is 4.79 Å². The average molecular weight is 201 g/mol. The van der Waals surface area contributed by atoms with Crippen LogP contribution in [0.15, 0.2) is 18.2 Å². The predicted molar refractivity (Wildman–Crippen MR) is 52.2 cm³/mol. The lowest BCUT2D eigenvalue weighted by Gasteiger charge is -2.17. The minimum Gasteiger partial charge on any atom is -0.482 e. The fraction of sp³-hybridized carbons (Fsp3) is 0.125. The van der Waals surface area contributed by atoms with Gasteiger partial charge in [-0.05, 0) is 18.2 Å². The maximum Gasteiger partial charge on any atom is 0.262 e. The predicted octanol–water partition coefficient (Wildman–Crippen LogP) is 1.02. The molecule has 0 aliphatic carbocycles. The van der Waals surface area contributed by atoms with Crippen molar-refractivity contribution >= 4 is 29.7 Å². The van der Waals surface area contributed by atoms with Gasteiger partial charge in [0.1, 0.15) is 5.75 Å². The highest BCUT2D eigenvalue weighted by atomic mass is 35.5. The Hall–Kier alpha value is -1.42. The van der Waals surface area contributed by atoms with E-state index in [-0.39, 0.29) is 24.9 Å². The SMILES string of the molecule is Cl.Nc1ccc2c(c1)NC(=O)CO2. The molecule has 0 fully saturated rings. The van der Waals surface area contributed by atoms with Gasteiger partial charge in [0.15, 0.2) is 6.61 Å². The molecule has 1 aromatic carbocycles. The maximum atomic E-state index is 10.9. The zero-order chi connectivity index (χ0) is 8.55. The molecule has 3 N–H and O–H groups in total. The number of rotatable bonds is 0. The molecule has 0 atom stereocenters. The van der Waals surface area contributed by atoms with Crippen molar-refractivity contribution in [2.75, 3.05) is 17.7 Å². The van der Waals surface area contributed by atoms with Crippen molar-refractivity contribution in [3.63, 3.8) is 0 Å². The topological polar surface area (TPSA) is 64.3 Å². The molecule has 0 saturated carbocycles. The second kappa shape index (κ2) is 3.53. The summed E-state index contributed by atoms with van der Waals surface area (Å²) in [6.45, 7) is 0.0803. The molecule has 1 aromatic rings. The number of hydrogen-bond acceptors (Lipinski definition) is 3. The molecule has 4 nitrogen and oxygen atoms in total. The van der Waals surface area contributed by atoms with Crippen molar-refractivity contribution in [3.05, 3.63) is 18.2 Å². The van der Waals surface area contributed by atoms with Crippen LogP contribution < -0.4 is 15.8 Å². The van der Waals surface area contributed by atoms with Crippen molar-refractivity contribution in [2.45, 2.75) is 0 Å². The van der Waals surface area contributed by atoms with E-state index in [2.05, 4.69) is 5.32 Å². The summed E-state index contributed by atoms with van der Waals surface area (Å²) >= 11 is 0. The lowest BCUT2D eigenvalue weighted by atomic mass is 10.2. The maximum absolute atomic E-state index is 10.9. The molecule has 0 unspecified atom stereocenters. The van der Waals surface area contributed by atoms with E-state index in [4.69, 9.17) is 10.5 Å². The van der Waals surface area contributed by atoms with Crippen LogP contribution in [0.3, 0.4) is 0 Å². The Kier molecular flexibility index (Phi) is 2.63. The molecule has 0 bridgehead atoms. The summed E-state index contributed by atoms with van der Waals surface area (Å²) in [5.74, 6) is 0.525. The molecule has 5 heteroatoms. The van der Waals surface area contributed by atoms with Crippen LogP contribution in [0.2, 0.25) is 0 Å². The summed E-state index contributed by atoms with van der Waals surface area (Å²) in [5.41, 5.74) is 6.78. The van der Waals surface area contributed by atoms with Gasteiger partial charge >= 0.3 is 0 Å². The van der Waals surface area contributed by atoms with Crippen LogP contribution in [0.25, 0.3) is 0 Å². The fourth-order valence-electron chi connectivity index (χ4n) is 1.10. The van der Waals surface area contributed by atoms with Gasteiger partial charge in [-0.15, -0.1) is 12.4 Å². The van der Waals surface area contributed by atoms with Crippen molar-refractivity contribution in [1.82, 2.24) is 0 Å². The van der Waals surface area contributed by atoms with Gasteiger partial charge in [-0.2, -0.15) is 0 Å². The second-order valence-corrected chi connectivity index (χ2v) is 2.59. The van der Waals surface area contributed by atoms with E-state index in [0.29, 0.717) is 17.1 Å². The third-order valence-corrected chi connectivity index (χ3v) is 1.64. The van der Waals surface area contributed by atoms with Crippen molar-refractivity contribution in [3.8, 4) is 5.75 Å². The van der Waals surface area contributed by atoms with Crippen LogP contribution in [0.1, 0.15) is 0 Å². The minimum atomic E-state index is -0.145. The first kappa shape index (κ1) is 9.67. The van der Waals surface area contributed by atoms with Crippen LogP contribution >= 0.6 is 12.4 Å². The molecule has 1 aliphatic rings. The monoisotopic (exact) mass is 200 g/mol. The highest BCUT2D eigenvalue weighted by molar-refractivity contribution is 5.95. The number of benzene rings is 1. The van der Waals surface area contributed by atoms with Gasteiger partial charge < -0.3 is 15.8 Å². The summed E-state index contributed by atoms with van der Waals surface area (Å²) in [4.78, 5) is 10.9. The third kappa shape index (κ3) is 1.84. The number of carbonyl (C=O) groups is 1. The molecule has 70 valence electrons. The number of anilines is 2. The van der Waals surface area contributed by atoms with Crippen LogP contribution in [0.4, 0.5) is 11.4 Å². The third-order valence-electron chi connectivity index (χ3n) is 1.64. The molecular formula is C8H9ClN2O2. The minimum absolute atomic E-state index is 0. The zero-order valence-electron chi connectivity index (χ0n) is 6.74. The number of halogens is 1. The number of fused-ring (bicyclic) bond motifs is 1. The number of nitrogen functional groups attached to an aromatic ring is 1. The average Bonchev–Trinajstić information content (AvgIpc) is 2.03. The van der Waals surface area contributed by atoms with Crippen molar-refractivity contribution in [2.24, 2.45) is 0 Å². The van der Waals surface area contributed by atoms with Gasteiger partial charge in [0.25, 0.3) is 5.91 Å². The van der Waals surface area contributed by atoms with Gasteiger partial charge in [-0.3, -0.25) is 4.79 Å². The lowest BCUT2D eigenvalue weighted by Crippen LogP contribution is -2.25. The Morgan fingerprint density at radius 1 is 1.46 bits per heavy atom. The molecule has 0 spiro atoms. The molecule has 0 saturated heterocycles. The smallest absolute Gasteiger partial charge is 0.262 e. The second-order valence-electron chi connectivity index (χ2n) is 2.59. The molecule has 0 radical (unpaired) electrons. The van der Waals surface area contributed by atoms with Crippen LogP contribution in [0.5, 0.6) is 5.75 Å². The standard InChI is InChI=1S/C8H8N2O2.ClH/c9-5-1-2-7-6(3-5)10-8(11)4-12-7;/h1-3H,4,9H2,(H,10,11);1H. The van der Waals surface area contributed by atoms with Gasteiger partial charge in [0.05, 0.1) is 5.69 Å². The summed E-state index contributed by atoms with van der Waals surface area (Å²) in [5, 5.41) is 2.66. The van der Waals surface area contributed by atoms with Crippen LogP contribution in [-0.4, -0.2) is 12.5 Å². The molecular weight excluding hydrogens is 192 g/mol. The number of amides is 1. The zero-order valence-corrected chi connectivity index (χ0v) is 7.56. The molecule has 2 rings (SSSR count). The van der Waals surface area contributed by atoms with Crippen molar-refractivity contribution in [1.29, 1.82) is 0 Å². The summed E-state index contributed by atoms with van der Waals surface area (Å²) in [7, 11) is 0. The fourth-order valence-corrected chi connectivity index (χ4v) is 1.10. The van der Waals surface area contributed by atoms with E-state index >= 15 is 0 Å². The summed E-state index contributed by atoms with van der Waals surface area (Å²) in [6, 6.07) is 5.15. The highest BCUT2D eigenvalue weighted by Gasteiger charge is 2.14. The van der Waals surface area contributed by atoms with E-state index in [1.807, 2.05) is 0 Å². The molecule has 1 aliphatic heterocycles. The Bertz CT molecular complexity index is 341. The number of nitrogens with one attached hydrogen (secondary N) is 1. The van der Waals surface area contributed by atoms with Gasteiger partial charge in [0, 0.05) is 5.69 Å². The summed E-state index contributed by atoms with van der Waals surface area (Å²) in [6.07, 6.45) is 0. The first-order chi connectivity index (χ1) is 5.75. The quantitative estimate of drug-likeness (QED) is 0.615. The van der Waals surface area contributed by atoms with E-state index in [0.717, 1.165) is 0 Å². The Morgan fingerprint density at radius 2 is 2.23 bits per heavy atom. The molecule has 1 heterocycles. The largest absolute Gasteiger partial charge is 0.482 e. The Balaban J connectivity index is 0.000000845. The first-order valence-electron chi connectivity index (χ1n) is 3.58. The van der Waals surface area contributed by atoms with Gasteiger partial charge in [0.2, 0.25) is 0 Å². The van der Waals surface area contributed by atoms with E-state index in [9.17, 15) is 4.79 Å². The highest BCUT2D eigenvalue weighted by Crippen LogP contribution is 2.28. The lowest BCUT2D eigenvalue weighted by molar-refractivity contribution is -0.118. The summed E-state index contributed by atoms with van der Waals surface area (Å²) < 4.78 is 5.12. The number of hydrogen-bond donors (Lipinski definition) is 2. The first-order valence-corrected chi connectivity index (χ1v) is 3.58. The van der Waals surface area contributed by atoms with E-state index in [1.165, 1.54) is 0 Å². The van der Waals surface area contributed by atoms with Crippen molar-refractivity contribution < 1.29 is 9.53 Å². The van der Waals surface area contributed by atoms with Gasteiger partial charge in [-0.1, -0.05) is 0 Å². The number of ether oxygens (including phenoxy) is 1. The molecule has 1 amide bonds. The Labute approximate surface area is 81.5 Å². The normalized spacial score (nSPS) is 13.4. The van der Waals surface area contributed by atoms with Crippen LogP contribution in [0, 0.1) is 0 Å². The number of carbonyl (C=O) groups excluding carboxylic acids is 1. The molecule has 13 heavy (non-hydrogen) atoms. The van der Waals surface area contributed by atoms with E-state index in [1.54, 1.807) is 18.2 Å².